The van der Waals surface area contributed by atoms with Gasteiger partial charge < -0.3 is 15.5 Å². The number of carboxylic acid groups (broad SMARTS) is 1. The van der Waals surface area contributed by atoms with Crippen molar-refractivity contribution in [2.75, 3.05) is 0 Å². The molecule has 90 valence electrons. The second-order valence-corrected chi connectivity index (χ2v) is 3.44. The fourth-order valence-electron chi connectivity index (χ4n) is 1.28. The summed E-state index contributed by atoms with van der Waals surface area (Å²) in [7, 11) is 0. The first-order valence-electron chi connectivity index (χ1n) is 4.98. The summed E-state index contributed by atoms with van der Waals surface area (Å²) in [4.78, 5) is 22.5. The van der Waals surface area contributed by atoms with Crippen LogP contribution in [0.2, 0.25) is 0 Å². The maximum atomic E-state index is 11.7. The first-order chi connectivity index (χ1) is 8.04. The fourth-order valence-corrected chi connectivity index (χ4v) is 1.28. The number of nitrogens with one attached hydrogen (secondary N) is 1. The highest BCUT2D eigenvalue weighted by atomic mass is 16.4. The average Bonchev–Trinajstić information content (AvgIpc) is 2.28. The van der Waals surface area contributed by atoms with Crippen molar-refractivity contribution in [3.8, 4) is 5.75 Å². The Morgan fingerprint density at radius 1 is 1.47 bits per heavy atom. The van der Waals surface area contributed by atoms with E-state index in [-0.39, 0.29) is 17.7 Å². The molecule has 0 aliphatic carbocycles. The van der Waals surface area contributed by atoms with Gasteiger partial charge in [0.05, 0.1) is 0 Å². The van der Waals surface area contributed by atoms with Gasteiger partial charge in [0.1, 0.15) is 11.8 Å². The zero-order chi connectivity index (χ0) is 12.8. The second kappa shape index (κ2) is 5.69. The smallest absolute Gasteiger partial charge is 0.326 e. The molecule has 5 nitrogen and oxygen atoms in total. The molecular weight excluding hydrogens is 222 g/mol. The Balaban J connectivity index is 2.77. The molecule has 0 heterocycles. The number of carboxylic acids is 1. The third-order valence-corrected chi connectivity index (χ3v) is 2.11. The summed E-state index contributed by atoms with van der Waals surface area (Å²) in [5.74, 6) is -1.72. The van der Waals surface area contributed by atoms with E-state index in [9.17, 15) is 14.7 Å². The number of hydrogen-bond acceptors (Lipinski definition) is 3. The van der Waals surface area contributed by atoms with E-state index < -0.39 is 17.9 Å². The molecular formula is C12H13NO4. The highest BCUT2D eigenvalue weighted by molar-refractivity contribution is 5.96. The third-order valence-electron chi connectivity index (χ3n) is 2.11. The second-order valence-electron chi connectivity index (χ2n) is 3.44. The van der Waals surface area contributed by atoms with E-state index in [1.54, 1.807) is 0 Å². The minimum atomic E-state index is -1.13. The van der Waals surface area contributed by atoms with Gasteiger partial charge in [-0.15, -0.1) is 6.58 Å². The van der Waals surface area contributed by atoms with Gasteiger partial charge in [-0.1, -0.05) is 12.1 Å². The average molecular weight is 235 g/mol. The number of carbonyl (C=O) groups excluding carboxylic acids is 1. The molecule has 0 aliphatic rings. The highest BCUT2D eigenvalue weighted by Gasteiger charge is 2.19. The van der Waals surface area contributed by atoms with Crippen LogP contribution in [0.15, 0.2) is 36.9 Å². The van der Waals surface area contributed by atoms with Crippen molar-refractivity contribution in [2.24, 2.45) is 0 Å². The molecule has 0 spiro atoms. The lowest BCUT2D eigenvalue weighted by molar-refractivity contribution is -0.139. The molecule has 3 N–H and O–H groups in total. The number of benzene rings is 1. The summed E-state index contributed by atoms with van der Waals surface area (Å²) in [5, 5.41) is 20.4. The summed E-state index contributed by atoms with van der Waals surface area (Å²) < 4.78 is 0. The predicted molar refractivity (Wildman–Crippen MR) is 61.8 cm³/mol. The lowest BCUT2D eigenvalue weighted by atomic mass is 10.1. The first kappa shape index (κ1) is 12.8. The Labute approximate surface area is 98.4 Å². The maximum Gasteiger partial charge on any atom is 0.326 e. The number of carbonyl (C=O) groups is 2. The molecule has 1 atom stereocenters. The lowest BCUT2D eigenvalue weighted by Gasteiger charge is -2.12. The number of aliphatic carboxylic acids is 1. The Morgan fingerprint density at radius 3 is 2.71 bits per heavy atom. The van der Waals surface area contributed by atoms with Gasteiger partial charge in [0.15, 0.2) is 0 Å². The van der Waals surface area contributed by atoms with Crippen LogP contribution < -0.4 is 5.32 Å². The van der Waals surface area contributed by atoms with E-state index in [1.807, 2.05) is 0 Å². The Bertz CT molecular complexity index is 442. The summed E-state index contributed by atoms with van der Waals surface area (Å²) in [6.07, 6.45) is 1.56. The molecule has 1 aromatic rings. The standard InChI is InChI=1S/C12H13NO4/c1-2-4-10(12(16)17)13-11(15)8-5-3-6-9(14)7-8/h2-3,5-7,10,14H,1,4H2,(H,13,15)(H,16,17). The van der Waals surface area contributed by atoms with Gasteiger partial charge in [0.25, 0.3) is 5.91 Å². The molecule has 17 heavy (non-hydrogen) atoms. The van der Waals surface area contributed by atoms with Crippen molar-refractivity contribution in [3.05, 3.63) is 42.5 Å². The van der Waals surface area contributed by atoms with Crippen LogP contribution in [0.25, 0.3) is 0 Å². The van der Waals surface area contributed by atoms with Crippen LogP contribution in [-0.4, -0.2) is 28.1 Å². The number of amides is 1. The van der Waals surface area contributed by atoms with E-state index in [1.165, 1.54) is 30.3 Å². The highest BCUT2D eigenvalue weighted by Crippen LogP contribution is 2.11. The van der Waals surface area contributed by atoms with E-state index in [2.05, 4.69) is 11.9 Å². The molecule has 0 aromatic heterocycles. The number of phenols is 1. The van der Waals surface area contributed by atoms with Crippen LogP contribution in [0.5, 0.6) is 5.75 Å². The number of rotatable bonds is 5. The van der Waals surface area contributed by atoms with Crippen LogP contribution in [-0.2, 0) is 4.79 Å². The summed E-state index contributed by atoms with van der Waals surface area (Å²) >= 11 is 0. The first-order valence-corrected chi connectivity index (χ1v) is 4.98. The maximum absolute atomic E-state index is 11.7. The quantitative estimate of drug-likeness (QED) is 0.668. The largest absolute Gasteiger partial charge is 0.508 e. The van der Waals surface area contributed by atoms with Crippen LogP contribution in [0.1, 0.15) is 16.8 Å². The van der Waals surface area contributed by atoms with Crippen molar-refractivity contribution >= 4 is 11.9 Å². The van der Waals surface area contributed by atoms with Gasteiger partial charge >= 0.3 is 5.97 Å². The van der Waals surface area contributed by atoms with Crippen molar-refractivity contribution in [1.29, 1.82) is 0 Å². The predicted octanol–water partition coefficient (Wildman–Crippen LogP) is 1.15. The summed E-state index contributed by atoms with van der Waals surface area (Å²) in [5.41, 5.74) is 0.209. The Morgan fingerprint density at radius 2 is 2.18 bits per heavy atom. The van der Waals surface area contributed by atoms with Crippen LogP contribution in [0.4, 0.5) is 0 Å². The zero-order valence-corrected chi connectivity index (χ0v) is 9.09. The molecule has 0 radical (unpaired) electrons. The van der Waals surface area contributed by atoms with Crippen molar-refractivity contribution in [2.45, 2.75) is 12.5 Å². The minimum Gasteiger partial charge on any atom is -0.508 e. The van der Waals surface area contributed by atoms with Gasteiger partial charge in [-0.25, -0.2) is 4.79 Å². The molecule has 0 bridgehead atoms. The van der Waals surface area contributed by atoms with E-state index in [4.69, 9.17) is 5.11 Å². The van der Waals surface area contributed by atoms with Gasteiger partial charge in [-0.05, 0) is 24.6 Å². The molecule has 1 unspecified atom stereocenters. The minimum absolute atomic E-state index is 0.0479. The molecule has 1 rings (SSSR count). The fraction of sp³-hybridized carbons (Fsp3) is 0.167. The number of phenolic OH excluding ortho intramolecular Hbond substituents is 1. The van der Waals surface area contributed by atoms with E-state index in [0.717, 1.165) is 0 Å². The topological polar surface area (TPSA) is 86.6 Å². The van der Waals surface area contributed by atoms with Crippen molar-refractivity contribution in [1.82, 2.24) is 5.32 Å². The van der Waals surface area contributed by atoms with E-state index in [0.29, 0.717) is 0 Å². The van der Waals surface area contributed by atoms with Crippen molar-refractivity contribution < 1.29 is 19.8 Å². The molecule has 1 aromatic carbocycles. The number of hydrogen-bond donors (Lipinski definition) is 3. The lowest BCUT2D eigenvalue weighted by Crippen LogP contribution is -2.40. The monoisotopic (exact) mass is 235 g/mol. The van der Waals surface area contributed by atoms with E-state index >= 15 is 0 Å². The molecule has 5 heteroatoms. The van der Waals surface area contributed by atoms with Gasteiger partial charge in [-0.3, -0.25) is 4.79 Å². The Hall–Kier alpha value is -2.30. The normalized spacial score (nSPS) is 11.5. The van der Waals surface area contributed by atoms with Gasteiger partial charge in [0.2, 0.25) is 0 Å². The SMILES string of the molecule is C=CCC(NC(=O)c1cccc(O)c1)C(=O)O. The molecule has 0 saturated carbocycles. The van der Waals surface area contributed by atoms with Crippen LogP contribution in [0, 0.1) is 0 Å². The van der Waals surface area contributed by atoms with Gasteiger partial charge in [0, 0.05) is 5.56 Å². The molecule has 0 saturated heterocycles. The zero-order valence-electron chi connectivity index (χ0n) is 9.09. The van der Waals surface area contributed by atoms with Gasteiger partial charge in [-0.2, -0.15) is 0 Å². The summed E-state index contributed by atoms with van der Waals surface area (Å²) in [6.45, 7) is 3.42. The third kappa shape index (κ3) is 3.64. The number of aromatic hydroxyl groups is 1. The van der Waals surface area contributed by atoms with Crippen molar-refractivity contribution in [3.63, 3.8) is 0 Å². The molecule has 0 aliphatic heterocycles. The Kier molecular flexibility index (Phi) is 4.28. The van der Waals surface area contributed by atoms with Crippen LogP contribution >= 0.6 is 0 Å². The molecule has 0 fully saturated rings. The summed E-state index contributed by atoms with van der Waals surface area (Å²) in [6, 6.07) is 4.68. The van der Waals surface area contributed by atoms with Crippen LogP contribution in [0.3, 0.4) is 0 Å². The molecule has 1 amide bonds.